The molecule has 1 aromatic rings. The molecule has 0 aromatic heterocycles. The van der Waals surface area contributed by atoms with Crippen molar-refractivity contribution in [1.29, 1.82) is 0 Å². The maximum absolute atomic E-state index is 13.0. The zero-order chi connectivity index (χ0) is 22.4. The fourth-order valence-electron chi connectivity index (χ4n) is 4.90. The Balaban J connectivity index is 1.39. The summed E-state index contributed by atoms with van der Waals surface area (Å²) in [5, 5.41) is 2.93. The van der Waals surface area contributed by atoms with Crippen molar-refractivity contribution in [3.8, 4) is 0 Å². The van der Waals surface area contributed by atoms with Gasteiger partial charge in [0.25, 0.3) is 0 Å². The van der Waals surface area contributed by atoms with E-state index in [0.29, 0.717) is 50.2 Å². The smallest absolute Gasteiger partial charge is 0.248 e. The van der Waals surface area contributed by atoms with E-state index in [4.69, 9.17) is 4.74 Å². The topological polar surface area (TPSA) is 58.6 Å². The number of nitrogens with one attached hydrogen (secondary N) is 1. The van der Waals surface area contributed by atoms with Crippen LogP contribution < -0.4 is 5.32 Å². The average molecular weight is 433 g/mol. The highest BCUT2D eigenvalue weighted by molar-refractivity contribution is 5.80. The second kappa shape index (κ2) is 11.1. The molecule has 1 saturated heterocycles. The van der Waals surface area contributed by atoms with Gasteiger partial charge in [0.1, 0.15) is 12.4 Å². The monoisotopic (exact) mass is 432 g/mol. The number of amides is 2. The summed E-state index contributed by atoms with van der Waals surface area (Å²) in [6.07, 6.45) is 4.95. The van der Waals surface area contributed by atoms with Crippen molar-refractivity contribution in [2.24, 2.45) is 23.7 Å². The molecule has 1 aromatic carbocycles. The van der Waals surface area contributed by atoms with Crippen LogP contribution in [0.4, 0.5) is 4.39 Å². The molecule has 3 rings (SSSR count). The van der Waals surface area contributed by atoms with Gasteiger partial charge in [-0.15, -0.1) is 0 Å². The van der Waals surface area contributed by atoms with Gasteiger partial charge in [0.05, 0.1) is 6.10 Å². The first-order chi connectivity index (χ1) is 14.8. The summed E-state index contributed by atoms with van der Waals surface area (Å²) in [6, 6.07) is 6.14. The summed E-state index contributed by atoms with van der Waals surface area (Å²) in [5.74, 6) is 1.41. The Hall–Kier alpha value is -1.95. The maximum Gasteiger partial charge on any atom is 0.248 e. The van der Waals surface area contributed by atoms with E-state index in [-0.39, 0.29) is 36.3 Å². The Bertz CT molecular complexity index is 729. The first kappa shape index (κ1) is 23.7. The first-order valence-corrected chi connectivity index (χ1v) is 11.7. The molecule has 5 nitrogen and oxygen atoms in total. The second-order valence-electron chi connectivity index (χ2n) is 9.67. The van der Waals surface area contributed by atoms with Crippen molar-refractivity contribution in [2.75, 3.05) is 19.7 Å². The summed E-state index contributed by atoms with van der Waals surface area (Å²) >= 11 is 0. The molecule has 1 aliphatic carbocycles. The van der Waals surface area contributed by atoms with Gasteiger partial charge in [-0.1, -0.05) is 39.3 Å². The molecule has 2 aliphatic rings. The summed E-state index contributed by atoms with van der Waals surface area (Å²) in [5.41, 5.74) is 0.872. The zero-order valence-corrected chi connectivity index (χ0v) is 19.1. The largest absolute Gasteiger partial charge is 0.368 e. The first-order valence-electron chi connectivity index (χ1n) is 11.7. The third kappa shape index (κ3) is 6.76. The quantitative estimate of drug-likeness (QED) is 0.704. The van der Waals surface area contributed by atoms with Crippen LogP contribution in [-0.4, -0.2) is 42.5 Å². The molecule has 2 amide bonds. The fraction of sp³-hybridized carbons (Fsp3) is 0.680. The van der Waals surface area contributed by atoms with Crippen molar-refractivity contribution in [1.82, 2.24) is 10.2 Å². The Labute approximate surface area is 185 Å². The second-order valence-corrected chi connectivity index (χ2v) is 9.67. The van der Waals surface area contributed by atoms with Gasteiger partial charge in [-0.25, -0.2) is 4.39 Å². The molecule has 0 spiro atoms. The van der Waals surface area contributed by atoms with Crippen molar-refractivity contribution >= 4 is 11.8 Å². The lowest BCUT2D eigenvalue weighted by molar-refractivity contribution is -0.144. The predicted octanol–water partition coefficient (Wildman–Crippen LogP) is 4.16. The van der Waals surface area contributed by atoms with Gasteiger partial charge in [0.2, 0.25) is 11.8 Å². The van der Waals surface area contributed by atoms with E-state index >= 15 is 0 Å². The molecule has 3 atom stereocenters. The number of piperidine rings is 1. The number of carbonyl (C=O) groups excluding carboxylic acids is 2. The number of ether oxygens (including phenoxy) is 1. The minimum atomic E-state index is -0.283. The number of halogens is 1. The maximum atomic E-state index is 13.0. The Morgan fingerprint density at radius 2 is 1.81 bits per heavy atom. The molecule has 6 heteroatoms. The van der Waals surface area contributed by atoms with E-state index in [1.807, 2.05) is 4.90 Å². The van der Waals surface area contributed by atoms with Crippen LogP contribution in [0.3, 0.4) is 0 Å². The lowest BCUT2D eigenvalue weighted by Gasteiger charge is -2.37. The van der Waals surface area contributed by atoms with Crippen LogP contribution in [0.5, 0.6) is 0 Å². The molecule has 3 unspecified atom stereocenters. The SMILES string of the molecule is CC1CCC(C(C)C)C(OCC(=O)N2CCC(C(=O)NCc3ccc(F)cc3)CC2)C1. The molecule has 31 heavy (non-hydrogen) atoms. The standard InChI is InChI=1S/C25H37FN2O3/c1-17(2)22-9-4-18(3)14-23(22)31-16-24(29)28-12-10-20(11-13-28)25(30)27-15-19-5-7-21(26)8-6-19/h5-8,17-18,20,22-23H,4,9-16H2,1-3H3,(H,27,30). The van der Waals surface area contributed by atoms with Crippen LogP contribution in [0.2, 0.25) is 0 Å². The van der Waals surface area contributed by atoms with Crippen LogP contribution in [0, 0.1) is 29.5 Å². The fourth-order valence-corrected chi connectivity index (χ4v) is 4.90. The highest BCUT2D eigenvalue weighted by Crippen LogP contribution is 2.35. The highest BCUT2D eigenvalue weighted by Gasteiger charge is 2.33. The lowest BCUT2D eigenvalue weighted by atomic mass is 9.75. The normalized spacial score (nSPS) is 24.9. The molecule has 1 N–H and O–H groups in total. The zero-order valence-electron chi connectivity index (χ0n) is 19.1. The van der Waals surface area contributed by atoms with Crippen LogP contribution in [0.15, 0.2) is 24.3 Å². The Morgan fingerprint density at radius 3 is 2.45 bits per heavy atom. The average Bonchev–Trinajstić information content (AvgIpc) is 2.76. The molecule has 172 valence electrons. The summed E-state index contributed by atoms with van der Waals surface area (Å²) in [7, 11) is 0. The summed E-state index contributed by atoms with van der Waals surface area (Å²) in [4.78, 5) is 27.0. The molecule has 2 fully saturated rings. The van der Waals surface area contributed by atoms with Crippen molar-refractivity contribution in [2.45, 2.75) is 65.5 Å². The molecular weight excluding hydrogens is 395 g/mol. The van der Waals surface area contributed by atoms with Gasteiger partial charge in [-0.2, -0.15) is 0 Å². The molecule has 0 radical (unpaired) electrons. The van der Waals surface area contributed by atoms with E-state index in [9.17, 15) is 14.0 Å². The Kier molecular flexibility index (Phi) is 8.47. The molecule has 1 saturated carbocycles. The van der Waals surface area contributed by atoms with E-state index in [0.717, 1.165) is 12.0 Å². The number of nitrogens with zero attached hydrogens (tertiary/aromatic N) is 1. The van der Waals surface area contributed by atoms with Crippen LogP contribution in [-0.2, 0) is 20.9 Å². The van der Waals surface area contributed by atoms with E-state index in [1.54, 1.807) is 12.1 Å². The van der Waals surface area contributed by atoms with E-state index < -0.39 is 0 Å². The van der Waals surface area contributed by atoms with Crippen LogP contribution >= 0.6 is 0 Å². The molecule has 1 heterocycles. The van der Waals surface area contributed by atoms with Gasteiger partial charge >= 0.3 is 0 Å². The van der Waals surface area contributed by atoms with Crippen molar-refractivity contribution in [3.05, 3.63) is 35.6 Å². The number of likely N-dealkylation sites (tertiary alicyclic amines) is 1. The molecular formula is C25H37FN2O3. The minimum absolute atomic E-state index is 0.00337. The van der Waals surface area contributed by atoms with E-state index in [2.05, 4.69) is 26.1 Å². The number of rotatable bonds is 7. The van der Waals surface area contributed by atoms with Gasteiger partial charge < -0.3 is 15.0 Å². The van der Waals surface area contributed by atoms with Gasteiger partial charge in [-0.05, 0) is 61.1 Å². The van der Waals surface area contributed by atoms with Crippen molar-refractivity contribution < 1.29 is 18.7 Å². The number of hydrogen-bond donors (Lipinski definition) is 1. The van der Waals surface area contributed by atoms with Crippen LogP contribution in [0.25, 0.3) is 0 Å². The summed E-state index contributed by atoms with van der Waals surface area (Å²) in [6.45, 7) is 8.46. The Morgan fingerprint density at radius 1 is 1.13 bits per heavy atom. The highest BCUT2D eigenvalue weighted by atomic mass is 19.1. The van der Waals surface area contributed by atoms with Crippen LogP contribution in [0.1, 0.15) is 58.4 Å². The summed E-state index contributed by atoms with van der Waals surface area (Å²) < 4.78 is 19.1. The van der Waals surface area contributed by atoms with Gasteiger partial charge in [-0.3, -0.25) is 9.59 Å². The molecule has 1 aliphatic heterocycles. The third-order valence-corrected chi connectivity index (χ3v) is 6.98. The van der Waals surface area contributed by atoms with E-state index in [1.165, 1.54) is 25.0 Å². The van der Waals surface area contributed by atoms with Gasteiger partial charge in [0.15, 0.2) is 0 Å². The number of hydrogen-bond acceptors (Lipinski definition) is 3. The third-order valence-electron chi connectivity index (χ3n) is 6.98. The predicted molar refractivity (Wildman–Crippen MR) is 119 cm³/mol. The van der Waals surface area contributed by atoms with Crippen molar-refractivity contribution in [3.63, 3.8) is 0 Å². The lowest BCUT2D eigenvalue weighted by Crippen LogP contribution is -2.45. The van der Waals surface area contributed by atoms with Gasteiger partial charge in [0, 0.05) is 25.6 Å². The molecule has 0 bridgehead atoms. The minimum Gasteiger partial charge on any atom is -0.368 e. The number of carbonyl (C=O) groups is 2. The number of benzene rings is 1.